The molecule has 1 saturated heterocycles. The number of allylic oxidation sites excluding steroid dienone is 1. The number of likely N-dealkylation sites (N-methyl/N-ethyl adjacent to an activating group) is 1. The summed E-state index contributed by atoms with van der Waals surface area (Å²) in [4.78, 5) is 29.8. The molecule has 1 aromatic carbocycles. The van der Waals surface area contributed by atoms with Gasteiger partial charge in [-0.15, -0.1) is 0 Å². The molecule has 1 aliphatic heterocycles. The van der Waals surface area contributed by atoms with Gasteiger partial charge in [0.25, 0.3) is 0 Å². The second-order valence-electron chi connectivity index (χ2n) is 9.90. The minimum Gasteiger partial charge on any atom is -0.504 e. The highest BCUT2D eigenvalue weighted by atomic mass is 16.3. The molecule has 2 aromatic heterocycles. The molecule has 0 spiro atoms. The van der Waals surface area contributed by atoms with E-state index in [0.29, 0.717) is 22.7 Å². The Bertz CT molecular complexity index is 1280. The zero-order chi connectivity index (χ0) is 24.1. The highest BCUT2D eigenvalue weighted by molar-refractivity contribution is 5.92. The van der Waals surface area contributed by atoms with Gasteiger partial charge in [-0.1, -0.05) is 12.2 Å². The van der Waals surface area contributed by atoms with Gasteiger partial charge in [-0.3, -0.25) is 4.79 Å². The number of piperazine rings is 1. The zero-order valence-corrected chi connectivity index (χ0v) is 20.0. The second-order valence-corrected chi connectivity index (χ2v) is 9.90. The van der Waals surface area contributed by atoms with Gasteiger partial charge in [0.2, 0.25) is 5.91 Å². The van der Waals surface area contributed by atoms with Gasteiger partial charge in [-0.2, -0.15) is 0 Å². The number of carbonyl (C=O) groups is 1. The molecule has 4 unspecified atom stereocenters. The van der Waals surface area contributed by atoms with Crippen LogP contribution in [0.1, 0.15) is 6.42 Å². The maximum atomic E-state index is 12.6. The number of fused-ring (bicyclic) bond motifs is 3. The predicted octanol–water partition coefficient (Wildman–Crippen LogP) is 2.43. The highest BCUT2D eigenvalue weighted by Gasteiger charge is 2.48. The standard InChI is InChI=1S/C26H31N7O2/c1-27-26(35)20-16-3-4-17(13-16)21(20)29-22-19(34)14-28-25-23(22)30-24(31-25)15-5-7-18(8-6-15)33-11-9-32(2)10-12-33/h3-8,14,16-17,20-21,34H,9-13H2,1-2H3,(H,27,35)(H2,28,29,30,31). The van der Waals surface area contributed by atoms with Gasteiger partial charge in [0, 0.05) is 50.5 Å². The van der Waals surface area contributed by atoms with E-state index in [1.54, 1.807) is 7.05 Å². The summed E-state index contributed by atoms with van der Waals surface area (Å²) in [5.41, 5.74) is 3.88. The van der Waals surface area contributed by atoms with Crippen molar-refractivity contribution in [3.05, 3.63) is 42.6 Å². The smallest absolute Gasteiger partial charge is 0.225 e. The van der Waals surface area contributed by atoms with Crippen LogP contribution in [-0.2, 0) is 4.79 Å². The summed E-state index contributed by atoms with van der Waals surface area (Å²) < 4.78 is 0. The molecular weight excluding hydrogens is 442 g/mol. The van der Waals surface area contributed by atoms with Crippen molar-refractivity contribution in [2.24, 2.45) is 17.8 Å². The fourth-order valence-corrected chi connectivity index (χ4v) is 5.83. The molecule has 4 N–H and O–H groups in total. The molecule has 35 heavy (non-hydrogen) atoms. The maximum absolute atomic E-state index is 12.6. The van der Waals surface area contributed by atoms with Crippen molar-refractivity contribution < 1.29 is 9.90 Å². The molecule has 2 aliphatic carbocycles. The zero-order valence-electron chi connectivity index (χ0n) is 20.0. The third-order valence-corrected chi connectivity index (χ3v) is 7.83. The molecule has 182 valence electrons. The van der Waals surface area contributed by atoms with Gasteiger partial charge in [0.1, 0.15) is 17.0 Å². The summed E-state index contributed by atoms with van der Waals surface area (Å²) in [6.07, 6.45) is 6.69. The molecule has 9 nitrogen and oxygen atoms in total. The minimum absolute atomic E-state index is 0.0230. The molecule has 3 heterocycles. The van der Waals surface area contributed by atoms with E-state index in [0.717, 1.165) is 38.2 Å². The van der Waals surface area contributed by atoms with Crippen LogP contribution in [0.3, 0.4) is 0 Å². The van der Waals surface area contributed by atoms with Crippen molar-refractivity contribution in [2.75, 3.05) is 50.5 Å². The van der Waals surface area contributed by atoms with Gasteiger partial charge in [0.05, 0.1) is 12.1 Å². The van der Waals surface area contributed by atoms with Crippen molar-refractivity contribution >= 4 is 28.4 Å². The quantitative estimate of drug-likeness (QED) is 0.422. The number of aromatic amines is 1. The lowest BCUT2D eigenvalue weighted by atomic mass is 9.88. The van der Waals surface area contributed by atoms with Gasteiger partial charge in [0.15, 0.2) is 11.4 Å². The van der Waals surface area contributed by atoms with E-state index in [1.807, 2.05) is 0 Å². The van der Waals surface area contributed by atoms with Crippen molar-refractivity contribution in [3.63, 3.8) is 0 Å². The SMILES string of the molecule is CNC(=O)C1C2C=CC(C2)C1Nc1c(O)cnc2nc(-c3ccc(N4CCN(C)CC4)cc3)[nH]c12. The van der Waals surface area contributed by atoms with Crippen LogP contribution >= 0.6 is 0 Å². The average Bonchev–Trinajstić information content (AvgIpc) is 3.61. The highest BCUT2D eigenvalue weighted by Crippen LogP contribution is 2.46. The van der Waals surface area contributed by atoms with Crippen molar-refractivity contribution in [2.45, 2.75) is 12.5 Å². The Morgan fingerprint density at radius 2 is 1.86 bits per heavy atom. The number of carbonyl (C=O) groups excluding carboxylic acids is 1. The van der Waals surface area contributed by atoms with Crippen LogP contribution in [0.2, 0.25) is 0 Å². The van der Waals surface area contributed by atoms with Gasteiger partial charge in [-0.05, 0) is 49.6 Å². The lowest BCUT2D eigenvalue weighted by molar-refractivity contribution is -0.125. The Labute approximate surface area is 204 Å². The van der Waals surface area contributed by atoms with Gasteiger partial charge < -0.3 is 30.5 Å². The number of aromatic hydroxyl groups is 1. The van der Waals surface area contributed by atoms with Gasteiger partial charge >= 0.3 is 0 Å². The van der Waals surface area contributed by atoms with Crippen molar-refractivity contribution in [1.82, 2.24) is 25.2 Å². The van der Waals surface area contributed by atoms with Crippen molar-refractivity contribution in [3.8, 4) is 17.1 Å². The van der Waals surface area contributed by atoms with E-state index >= 15 is 0 Å². The summed E-state index contributed by atoms with van der Waals surface area (Å²) in [7, 11) is 3.83. The largest absolute Gasteiger partial charge is 0.504 e. The van der Waals surface area contributed by atoms with E-state index < -0.39 is 0 Å². The van der Waals surface area contributed by atoms with E-state index in [4.69, 9.17) is 4.98 Å². The summed E-state index contributed by atoms with van der Waals surface area (Å²) in [6, 6.07) is 8.30. The van der Waals surface area contributed by atoms with Crippen LogP contribution in [0.15, 0.2) is 42.6 Å². The topological polar surface area (TPSA) is 109 Å². The van der Waals surface area contributed by atoms with Gasteiger partial charge in [-0.25, -0.2) is 9.97 Å². The fraction of sp³-hybridized carbons (Fsp3) is 0.423. The molecule has 3 aliphatic rings. The molecule has 6 rings (SSSR count). The Morgan fingerprint density at radius 3 is 2.60 bits per heavy atom. The number of nitrogens with zero attached hydrogens (tertiary/aromatic N) is 4. The fourth-order valence-electron chi connectivity index (χ4n) is 5.83. The number of benzene rings is 1. The summed E-state index contributed by atoms with van der Waals surface area (Å²) in [5.74, 6) is 1.04. The molecule has 9 heteroatoms. The van der Waals surface area contributed by atoms with Crippen LogP contribution in [0.4, 0.5) is 11.4 Å². The van der Waals surface area contributed by atoms with E-state index in [-0.39, 0.29) is 35.5 Å². The number of nitrogens with one attached hydrogen (secondary N) is 3. The first-order chi connectivity index (χ1) is 17.0. The minimum atomic E-state index is -0.179. The number of amides is 1. The maximum Gasteiger partial charge on any atom is 0.225 e. The molecule has 1 saturated carbocycles. The third-order valence-electron chi connectivity index (χ3n) is 7.83. The van der Waals surface area contributed by atoms with Crippen LogP contribution in [0.25, 0.3) is 22.6 Å². The number of anilines is 2. The first kappa shape index (κ1) is 21.9. The summed E-state index contributed by atoms with van der Waals surface area (Å²) >= 11 is 0. The Balaban J connectivity index is 1.29. The first-order valence-corrected chi connectivity index (χ1v) is 12.3. The summed E-state index contributed by atoms with van der Waals surface area (Å²) in [6.45, 7) is 4.17. The number of hydrogen-bond acceptors (Lipinski definition) is 7. The lowest BCUT2D eigenvalue weighted by Gasteiger charge is -2.34. The number of rotatable bonds is 5. The van der Waals surface area contributed by atoms with Crippen LogP contribution in [0.5, 0.6) is 5.75 Å². The number of aromatic nitrogens is 3. The van der Waals surface area contributed by atoms with E-state index in [1.165, 1.54) is 11.9 Å². The molecule has 4 atom stereocenters. The van der Waals surface area contributed by atoms with Crippen LogP contribution in [-0.4, -0.2) is 77.2 Å². The molecular formula is C26H31N7O2. The molecule has 0 radical (unpaired) electrons. The molecule has 2 fully saturated rings. The number of H-pyrrole nitrogens is 1. The van der Waals surface area contributed by atoms with Crippen molar-refractivity contribution in [1.29, 1.82) is 0 Å². The Morgan fingerprint density at radius 1 is 1.11 bits per heavy atom. The first-order valence-electron chi connectivity index (χ1n) is 12.3. The Kier molecular flexibility index (Phi) is 5.36. The average molecular weight is 474 g/mol. The molecule has 3 aromatic rings. The van der Waals surface area contributed by atoms with Crippen LogP contribution < -0.4 is 15.5 Å². The monoisotopic (exact) mass is 473 g/mol. The number of pyridine rings is 1. The third kappa shape index (κ3) is 3.80. The Hall–Kier alpha value is -3.59. The normalized spacial score (nSPS) is 25.9. The number of imidazole rings is 1. The summed E-state index contributed by atoms with van der Waals surface area (Å²) in [5, 5.41) is 17.0. The number of hydrogen-bond donors (Lipinski definition) is 4. The van der Waals surface area contributed by atoms with Crippen LogP contribution in [0, 0.1) is 17.8 Å². The predicted molar refractivity (Wildman–Crippen MR) is 136 cm³/mol. The second kappa shape index (κ2) is 8.57. The lowest BCUT2D eigenvalue weighted by Crippen LogP contribution is -2.44. The van der Waals surface area contributed by atoms with E-state index in [2.05, 4.69) is 73.9 Å². The molecule has 1 amide bonds. The van der Waals surface area contributed by atoms with E-state index in [9.17, 15) is 9.90 Å². The molecule has 2 bridgehead atoms.